The fourth-order valence-corrected chi connectivity index (χ4v) is 3.54. The molecule has 20 heavy (non-hydrogen) atoms. The number of hydrogen-bond acceptors (Lipinski definition) is 2. The van der Waals surface area contributed by atoms with Gasteiger partial charge < -0.3 is 10.4 Å². The molecule has 0 spiro atoms. The summed E-state index contributed by atoms with van der Waals surface area (Å²) in [5.74, 6) is 0.370. The standard InChI is InChI=1S/C16H19NO3/c1-9-6-7-10(8-13(9)16(19)20)17-15(18)14-11-4-2-3-5-12(11)14/h6-8,11-12,14H,2-5H2,1H3,(H,17,18)(H,19,20). The number of amides is 1. The van der Waals surface area contributed by atoms with Gasteiger partial charge in [-0.25, -0.2) is 4.79 Å². The maximum Gasteiger partial charge on any atom is 0.336 e. The average Bonchev–Trinajstić information content (AvgIpc) is 3.15. The van der Waals surface area contributed by atoms with Crippen molar-refractivity contribution < 1.29 is 14.7 Å². The fourth-order valence-electron chi connectivity index (χ4n) is 3.54. The van der Waals surface area contributed by atoms with Crippen molar-refractivity contribution in [1.82, 2.24) is 0 Å². The predicted octanol–water partition coefficient (Wildman–Crippen LogP) is 3.07. The molecule has 0 aromatic heterocycles. The van der Waals surface area contributed by atoms with E-state index in [-0.39, 0.29) is 17.4 Å². The molecule has 2 aliphatic rings. The van der Waals surface area contributed by atoms with Gasteiger partial charge in [-0.05, 0) is 49.3 Å². The van der Waals surface area contributed by atoms with Crippen molar-refractivity contribution >= 4 is 17.6 Å². The Kier molecular flexibility index (Phi) is 3.24. The third kappa shape index (κ3) is 2.30. The average molecular weight is 273 g/mol. The number of aromatic carboxylic acids is 1. The van der Waals surface area contributed by atoms with Crippen LogP contribution in [0.5, 0.6) is 0 Å². The summed E-state index contributed by atoms with van der Waals surface area (Å²) in [6.45, 7) is 1.75. The Balaban J connectivity index is 1.70. The van der Waals surface area contributed by atoms with Gasteiger partial charge >= 0.3 is 5.97 Å². The van der Waals surface area contributed by atoms with Crippen LogP contribution in [0.2, 0.25) is 0 Å². The van der Waals surface area contributed by atoms with Gasteiger partial charge in [-0.2, -0.15) is 0 Å². The second-order valence-corrected chi connectivity index (χ2v) is 5.96. The Morgan fingerprint density at radius 3 is 2.45 bits per heavy atom. The highest BCUT2D eigenvalue weighted by atomic mass is 16.4. The van der Waals surface area contributed by atoms with Gasteiger partial charge in [0.05, 0.1) is 5.56 Å². The number of carboxylic acid groups (broad SMARTS) is 1. The molecular formula is C16H19NO3. The van der Waals surface area contributed by atoms with Crippen LogP contribution in [-0.2, 0) is 4.79 Å². The van der Waals surface area contributed by atoms with E-state index in [0.717, 1.165) is 12.8 Å². The Labute approximate surface area is 118 Å². The third-order valence-corrected chi connectivity index (χ3v) is 4.69. The first kappa shape index (κ1) is 13.2. The first-order valence-corrected chi connectivity index (χ1v) is 7.23. The number of aryl methyl sites for hydroxylation is 1. The summed E-state index contributed by atoms with van der Waals surface area (Å²) in [7, 11) is 0. The van der Waals surface area contributed by atoms with E-state index in [9.17, 15) is 9.59 Å². The SMILES string of the molecule is Cc1ccc(NC(=O)C2C3CCCCC32)cc1C(=O)O. The molecule has 0 radical (unpaired) electrons. The Morgan fingerprint density at radius 1 is 1.20 bits per heavy atom. The monoisotopic (exact) mass is 273 g/mol. The molecular weight excluding hydrogens is 254 g/mol. The molecule has 4 nitrogen and oxygen atoms in total. The lowest BCUT2D eigenvalue weighted by Gasteiger charge is -2.07. The zero-order valence-electron chi connectivity index (χ0n) is 11.6. The molecule has 2 saturated carbocycles. The van der Waals surface area contributed by atoms with Gasteiger partial charge in [-0.1, -0.05) is 18.9 Å². The number of hydrogen-bond donors (Lipinski definition) is 2. The van der Waals surface area contributed by atoms with Crippen LogP contribution >= 0.6 is 0 Å². The molecule has 2 atom stereocenters. The van der Waals surface area contributed by atoms with Gasteiger partial charge in [0.25, 0.3) is 0 Å². The maximum atomic E-state index is 12.2. The van der Waals surface area contributed by atoms with E-state index in [4.69, 9.17) is 5.11 Å². The zero-order valence-corrected chi connectivity index (χ0v) is 11.6. The molecule has 1 amide bonds. The highest BCUT2D eigenvalue weighted by Gasteiger charge is 2.54. The molecule has 2 aliphatic carbocycles. The largest absolute Gasteiger partial charge is 0.478 e. The van der Waals surface area contributed by atoms with Gasteiger partial charge in [0.1, 0.15) is 0 Å². The first-order chi connectivity index (χ1) is 9.58. The number of anilines is 1. The molecule has 0 heterocycles. The Morgan fingerprint density at radius 2 is 1.85 bits per heavy atom. The normalized spacial score (nSPS) is 27.6. The highest BCUT2D eigenvalue weighted by molar-refractivity contribution is 5.97. The number of carbonyl (C=O) groups excluding carboxylic acids is 1. The van der Waals surface area contributed by atoms with Crippen LogP contribution in [0.15, 0.2) is 18.2 Å². The van der Waals surface area contributed by atoms with Crippen molar-refractivity contribution in [3.63, 3.8) is 0 Å². The zero-order chi connectivity index (χ0) is 14.3. The lowest BCUT2D eigenvalue weighted by Crippen LogP contribution is -2.16. The Hall–Kier alpha value is -1.84. The van der Waals surface area contributed by atoms with E-state index in [2.05, 4.69) is 5.32 Å². The van der Waals surface area contributed by atoms with Crippen LogP contribution in [-0.4, -0.2) is 17.0 Å². The molecule has 2 fully saturated rings. The first-order valence-electron chi connectivity index (χ1n) is 7.23. The summed E-state index contributed by atoms with van der Waals surface area (Å²) in [5.41, 5.74) is 1.54. The maximum absolute atomic E-state index is 12.2. The van der Waals surface area contributed by atoms with Gasteiger partial charge in [0.2, 0.25) is 5.91 Å². The molecule has 106 valence electrons. The minimum Gasteiger partial charge on any atom is -0.478 e. The molecule has 0 saturated heterocycles. The van der Waals surface area contributed by atoms with Gasteiger partial charge in [0, 0.05) is 11.6 Å². The van der Waals surface area contributed by atoms with Crippen LogP contribution in [0, 0.1) is 24.7 Å². The number of carboxylic acids is 1. The van der Waals surface area contributed by atoms with Crippen LogP contribution in [0.4, 0.5) is 5.69 Å². The van der Waals surface area contributed by atoms with E-state index >= 15 is 0 Å². The number of fused-ring (bicyclic) bond motifs is 1. The highest BCUT2D eigenvalue weighted by Crippen LogP contribution is 2.55. The molecule has 0 bridgehead atoms. The van der Waals surface area contributed by atoms with Gasteiger partial charge in [-0.3, -0.25) is 4.79 Å². The van der Waals surface area contributed by atoms with Crippen molar-refractivity contribution in [2.45, 2.75) is 32.6 Å². The van der Waals surface area contributed by atoms with Crippen molar-refractivity contribution in [1.29, 1.82) is 0 Å². The van der Waals surface area contributed by atoms with E-state index in [1.807, 2.05) is 0 Å². The summed E-state index contributed by atoms with van der Waals surface area (Å²) >= 11 is 0. The number of nitrogens with one attached hydrogen (secondary N) is 1. The molecule has 4 heteroatoms. The minimum atomic E-state index is -0.960. The summed E-state index contributed by atoms with van der Waals surface area (Å²) in [4.78, 5) is 23.3. The third-order valence-electron chi connectivity index (χ3n) is 4.69. The molecule has 1 aromatic carbocycles. The van der Waals surface area contributed by atoms with E-state index < -0.39 is 5.97 Å². The summed E-state index contributed by atoms with van der Waals surface area (Å²) in [6, 6.07) is 5.05. The number of benzene rings is 1. The molecule has 3 rings (SSSR count). The van der Waals surface area contributed by atoms with Crippen molar-refractivity contribution in [3.05, 3.63) is 29.3 Å². The lowest BCUT2D eigenvalue weighted by molar-refractivity contribution is -0.117. The number of rotatable bonds is 3. The second-order valence-electron chi connectivity index (χ2n) is 5.96. The quantitative estimate of drug-likeness (QED) is 0.889. The summed E-state index contributed by atoms with van der Waals surface area (Å²) < 4.78 is 0. The Bertz CT molecular complexity index is 555. The van der Waals surface area contributed by atoms with E-state index in [0.29, 0.717) is 23.1 Å². The van der Waals surface area contributed by atoms with Gasteiger partial charge in [0.15, 0.2) is 0 Å². The molecule has 2 unspecified atom stereocenters. The summed E-state index contributed by atoms with van der Waals surface area (Å²) in [6.07, 6.45) is 4.80. The second kappa shape index (κ2) is 4.93. The number of carbonyl (C=O) groups is 2. The van der Waals surface area contributed by atoms with Crippen molar-refractivity contribution in [2.24, 2.45) is 17.8 Å². The lowest BCUT2D eigenvalue weighted by atomic mass is 10.0. The molecule has 2 N–H and O–H groups in total. The van der Waals surface area contributed by atoms with E-state index in [1.54, 1.807) is 25.1 Å². The smallest absolute Gasteiger partial charge is 0.336 e. The predicted molar refractivity (Wildman–Crippen MR) is 75.7 cm³/mol. The van der Waals surface area contributed by atoms with E-state index in [1.165, 1.54) is 12.8 Å². The van der Waals surface area contributed by atoms with Crippen LogP contribution in [0.1, 0.15) is 41.6 Å². The van der Waals surface area contributed by atoms with Crippen LogP contribution in [0.25, 0.3) is 0 Å². The van der Waals surface area contributed by atoms with Crippen LogP contribution < -0.4 is 5.32 Å². The molecule has 1 aromatic rings. The summed E-state index contributed by atoms with van der Waals surface area (Å²) in [5, 5.41) is 12.0. The fraction of sp³-hybridized carbons (Fsp3) is 0.500. The molecule has 0 aliphatic heterocycles. The minimum absolute atomic E-state index is 0.0575. The van der Waals surface area contributed by atoms with Crippen LogP contribution in [0.3, 0.4) is 0 Å². The van der Waals surface area contributed by atoms with Crippen molar-refractivity contribution in [3.8, 4) is 0 Å². The van der Waals surface area contributed by atoms with Gasteiger partial charge in [-0.15, -0.1) is 0 Å². The van der Waals surface area contributed by atoms with Crippen molar-refractivity contribution in [2.75, 3.05) is 5.32 Å². The topological polar surface area (TPSA) is 66.4 Å².